The molecular formula is C41H46N2O9+2. The highest BCUT2D eigenvalue weighted by atomic mass is 16.5. The molecule has 11 heteroatoms. The van der Waals surface area contributed by atoms with Crippen molar-refractivity contribution in [2.24, 2.45) is 0 Å². The molecule has 11 nitrogen and oxygen atoms in total. The van der Waals surface area contributed by atoms with Gasteiger partial charge in [-0.25, -0.2) is 9.59 Å². The zero-order chi connectivity index (χ0) is 36.8. The van der Waals surface area contributed by atoms with Crippen molar-refractivity contribution in [3.05, 3.63) is 100 Å². The highest BCUT2D eigenvalue weighted by molar-refractivity contribution is 5.68. The minimum Gasteiger partial charge on any atom is -0.497 e. The number of likely N-dealkylation sites (N-methyl/N-ethyl adjacent to an activating group) is 2. The van der Waals surface area contributed by atoms with Gasteiger partial charge in [0.2, 0.25) is 0 Å². The van der Waals surface area contributed by atoms with E-state index in [-0.39, 0.29) is 29.7 Å². The number of hydrogen-bond donors (Lipinski definition) is 2. The number of nitrogens with zero attached hydrogens (tertiary/aromatic N) is 2. The fourth-order valence-corrected chi connectivity index (χ4v) is 8.50. The van der Waals surface area contributed by atoms with Gasteiger partial charge in [-0.1, -0.05) is 18.2 Å². The molecule has 8 rings (SSSR count). The molecule has 0 fully saturated rings. The Morgan fingerprint density at radius 1 is 0.673 bits per heavy atom. The Balaban J connectivity index is 1.48. The average Bonchev–Trinajstić information content (AvgIpc) is 3.10. The van der Waals surface area contributed by atoms with Crippen molar-refractivity contribution in [2.75, 3.05) is 61.6 Å². The predicted molar refractivity (Wildman–Crippen MR) is 193 cm³/mol. The first kappa shape index (κ1) is 35.2. The second-order valence-electron chi connectivity index (χ2n) is 14.7. The fourth-order valence-electron chi connectivity index (χ4n) is 8.50. The molecule has 0 spiro atoms. The molecule has 6 bridgehead atoms. The Morgan fingerprint density at radius 3 is 1.94 bits per heavy atom. The maximum absolute atomic E-state index is 12.4. The molecule has 0 aromatic heterocycles. The van der Waals surface area contributed by atoms with E-state index in [0.717, 1.165) is 33.4 Å². The number of fused-ring (bicyclic) bond motifs is 2. The van der Waals surface area contributed by atoms with Crippen molar-refractivity contribution in [1.29, 1.82) is 0 Å². The lowest BCUT2D eigenvalue weighted by Crippen LogP contribution is -2.54. The summed E-state index contributed by atoms with van der Waals surface area (Å²) < 4.78 is 31.4. The Labute approximate surface area is 303 Å². The van der Waals surface area contributed by atoms with E-state index < -0.39 is 11.9 Å². The van der Waals surface area contributed by atoms with Crippen molar-refractivity contribution in [1.82, 2.24) is 0 Å². The summed E-state index contributed by atoms with van der Waals surface area (Å²) in [7, 11) is 8.85. The van der Waals surface area contributed by atoms with Crippen LogP contribution in [-0.4, -0.2) is 92.7 Å². The van der Waals surface area contributed by atoms with Crippen LogP contribution in [0.1, 0.15) is 45.5 Å². The van der Waals surface area contributed by atoms with E-state index in [2.05, 4.69) is 0 Å². The molecule has 52 heavy (non-hydrogen) atoms. The van der Waals surface area contributed by atoms with Gasteiger partial charge in [-0.05, 0) is 64.7 Å². The molecule has 272 valence electrons. The molecule has 4 aliphatic rings. The van der Waals surface area contributed by atoms with Crippen molar-refractivity contribution < 1.29 is 52.5 Å². The molecule has 4 aromatic carbocycles. The number of benzene rings is 4. The molecule has 4 aromatic rings. The van der Waals surface area contributed by atoms with Crippen molar-refractivity contribution in [2.45, 2.75) is 37.8 Å². The van der Waals surface area contributed by atoms with Gasteiger partial charge in [-0.15, -0.1) is 0 Å². The third-order valence-corrected chi connectivity index (χ3v) is 11.3. The van der Waals surface area contributed by atoms with Gasteiger partial charge in [-0.2, -0.15) is 0 Å². The maximum atomic E-state index is 12.4. The summed E-state index contributed by atoms with van der Waals surface area (Å²) in [5.74, 6) is 2.27. The third kappa shape index (κ3) is 6.62. The quantitative estimate of drug-likeness (QED) is 0.212. The second kappa shape index (κ2) is 13.7. The molecule has 0 saturated carbocycles. The lowest BCUT2D eigenvalue weighted by molar-refractivity contribution is -0.934. The van der Waals surface area contributed by atoms with Crippen LogP contribution in [0.5, 0.6) is 40.2 Å². The van der Waals surface area contributed by atoms with Gasteiger partial charge in [0.15, 0.2) is 36.1 Å². The summed E-state index contributed by atoms with van der Waals surface area (Å²) >= 11 is 0. The van der Waals surface area contributed by atoms with E-state index >= 15 is 0 Å². The summed E-state index contributed by atoms with van der Waals surface area (Å²) in [4.78, 5) is 24.7. The van der Waals surface area contributed by atoms with Crippen LogP contribution >= 0.6 is 0 Å². The third-order valence-electron chi connectivity index (χ3n) is 11.3. The minimum atomic E-state index is -0.881. The van der Waals surface area contributed by atoms with E-state index in [0.29, 0.717) is 83.5 Å². The molecular weight excluding hydrogens is 664 g/mol. The first-order chi connectivity index (χ1) is 24.9. The first-order valence-electron chi connectivity index (χ1n) is 17.6. The van der Waals surface area contributed by atoms with E-state index in [9.17, 15) is 19.8 Å². The smallest absolute Gasteiger partial charge is 0.359 e. The summed E-state index contributed by atoms with van der Waals surface area (Å²) in [5, 5.41) is 20.2. The molecule has 0 aliphatic carbocycles. The maximum Gasteiger partial charge on any atom is 0.359 e. The van der Waals surface area contributed by atoms with Crippen LogP contribution in [0.25, 0.3) is 0 Å². The predicted octanol–water partition coefficient (Wildman–Crippen LogP) is 6.35. The zero-order valence-electron chi connectivity index (χ0n) is 30.3. The summed E-state index contributed by atoms with van der Waals surface area (Å²) in [6.07, 6.45) is 2.39. The van der Waals surface area contributed by atoms with E-state index in [1.165, 1.54) is 0 Å². The largest absolute Gasteiger partial charge is 0.497 e. The van der Waals surface area contributed by atoms with Crippen LogP contribution in [0, 0.1) is 0 Å². The number of methoxy groups -OCH3 is 3. The molecule has 4 heterocycles. The van der Waals surface area contributed by atoms with Gasteiger partial charge in [0.05, 0.1) is 54.1 Å². The number of quaternary nitrogens is 2. The molecule has 0 saturated heterocycles. The van der Waals surface area contributed by atoms with Gasteiger partial charge < -0.3 is 42.9 Å². The molecule has 4 atom stereocenters. The van der Waals surface area contributed by atoms with Crippen LogP contribution in [0.3, 0.4) is 0 Å². The van der Waals surface area contributed by atoms with Crippen LogP contribution < -0.4 is 23.7 Å². The highest BCUT2D eigenvalue weighted by Gasteiger charge is 2.44. The van der Waals surface area contributed by atoms with Gasteiger partial charge in [0, 0.05) is 37.3 Å². The SMILES string of the molecule is COc1cc2c3c(c1)Oc1cc4c(cc1OC)CC[N+](C)(CC(=O)O)C4Cc1ccc(cc1)Oc1cc(ccc1OC)CC3[N+](C)(CC(=O)O)CC2. The van der Waals surface area contributed by atoms with Crippen LogP contribution in [0.2, 0.25) is 0 Å². The monoisotopic (exact) mass is 710 g/mol. The van der Waals surface area contributed by atoms with E-state index in [1.807, 2.05) is 80.8 Å². The molecule has 0 radical (unpaired) electrons. The van der Waals surface area contributed by atoms with Crippen LogP contribution in [0.4, 0.5) is 0 Å². The van der Waals surface area contributed by atoms with Gasteiger partial charge in [-0.3, -0.25) is 0 Å². The Bertz CT molecular complexity index is 2030. The van der Waals surface area contributed by atoms with E-state index in [1.54, 1.807) is 21.3 Å². The second-order valence-corrected chi connectivity index (χ2v) is 14.7. The summed E-state index contributed by atoms with van der Waals surface area (Å²) in [6.45, 7) is 1.14. The number of carboxylic acids is 2. The Morgan fingerprint density at radius 2 is 1.29 bits per heavy atom. The topological polar surface area (TPSA) is 121 Å². The standard InChI is InChI=1S/C41H44N2O9/c1-42(23-39(44)45)14-12-27-20-35(50-5)37-22-31(27)32(42)16-25-6-9-29(10-7-25)51-36-18-26(8-11-34(36)49-4)17-33-41-28(13-15-43(33,2)24-40(46)47)19-30(48-3)21-38(41)52-37/h6-11,18-22,32-33H,12-17,23-24H2,1-5H3/p+2. The number of carboxylic acid groups (broad SMARTS) is 2. The Hall–Kier alpha value is -5.26. The molecule has 4 aliphatic heterocycles. The summed E-state index contributed by atoms with van der Waals surface area (Å²) in [5.41, 5.74) is 6.03. The van der Waals surface area contributed by atoms with Gasteiger partial charge >= 0.3 is 11.9 Å². The number of hydrogen-bond acceptors (Lipinski definition) is 7. The highest BCUT2D eigenvalue weighted by Crippen LogP contribution is 2.49. The van der Waals surface area contributed by atoms with Crippen molar-refractivity contribution in [3.8, 4) is 40.2 Å². The van der Waals surface area contributed by atoms with Crippen LogP contribution in [0.15, 0.2) is 66.7 Å². The van der Waals surface area contributed by atoms with Gasteiger partial charge in [0.1, 0.15) is 29.3 Å². The number of aliphatic carboxylic acids is 2. The van der Waals surface area contributed by atoms with Gasteiger partial charge in [0.25, 0.3) is 0 Å². The van der Waals surface area contributed by atoms with Crippen molar-refractivity contribution in [3.63, 3.8) is 0 Å². The van der Waals surface area contributed by atoms with Crippen molar-refractivity contribution >= 4 is 11.9 Å². The number of ether oxygens (including phenoxy) is 5. The lowest BCUT2D eigenvalue weighted by atomic mass is 9.85. The summed E-state index contributed by atoms with van der Waals surface area (Å²) in [6, 6.07) is 21.2. The number of carbonyl (C=O) groups is 2. The molecule has 4 unspecified atom stereocenters. The molecule has 0 amide bonds. The zero-order valence-corrected chi connectivity index (χ0v) is 30.3. The normalized spacial score (nSPS) is 23.2. The van der Waals surface area contributed by atoms with Crippen LogP contribution in [-0.2, 0) is 35.3 Å². The Kier molecular flexibility index (Phi) is 9.26. The van der Waals surface area contributed by atoms with E-state index in [4.69, 9.17) is 23.7 Å². The number of rotatable bonds is 7. The minimum absolute atomic E-state index is 0.0329. The lowest BCUT2D eigenvalue weighted by Gasteiger charge is -2.45. The first-order valence-corrected chi connectivity index (χ1v) is 17.6. The molecule has 2 N–H and O–H groups in total. The average molecular weight is 711 g/mol. The fraction of sp³-hybridized carbons (Fsp3) is 0.366.